The molecule has 184 valence electrons. The number of non-ortho nitro benzene ring substituents is 1. The molecule has 4 rings (SSSR count). The van der Waals surface area contributed by atoms with Crippen molar-refractivity contribution in [3.05, 3.63) is 103 Å². The monoisotopic (exact) mass is 524 g/mol. The number of nitro benzene ring substituents is 1. The first kappa shape index (κ1) is 25.3. The van der Waals surface area contributed by atoms with Gasteiger partial charge in [-0.25, -0.2) is 0 Å². The molecule has 1 aliphatic heterocycles. The number of carbonyl (C=O) groups excluding carboxylic acids is 2. The molecule has 2 amide bonds. The van der Waals surface area contributed by atoms with Crippen LogP contribution in [0.25, 0.3) is 6.08 Å². The van der Waals surface area contributed by atoms with E-state index in [2.05, 4.69) is 0 Å². The lowest BCUT2D eigenvalue weighted by atomic mass is 10.1. The van der Waals surface area contributed by atoms with Gasteiger partial charge in [0.2, 0.25) is 0 Å². The first-order valence-corrected chi connectivity index (χ1v) is 12.0. The van der Waals surface area contributed by atoms with Gasteiger partial charge in [-0.3, -0.25) is 24.6 Å². The van der Waals surface area contributed by atoms with E-state index in [0.717, 1.165) is 22.9 Å². The molecule has 1 aliphatic rings. The number of nitro groups is 1. The van der Waals surface area contributed by atoms with Crippen molar-refractivity contribution in [2.24, 2.45) is 0 Å². The molecule has 1 heterocycles. The van der Waals surface area contributed by atoms with Crippen molar-refractivity contribution < 1.29 is 24.0 Å². The van der Waals surface area contributed by atoms with Gasteiger partial charge in [-0.2, -0.15) is 0 Å². The highest BCUT2D eigenvalue weighted by molar-refractivity contribution is 8.18. The van der Waals surface area contributed by atoms with Crippen LogP contribution >= 0.6 is 23.4 Å². The molecule has 0 atom stereocenters. The Hall–Kier alpha value is -3.82. The third-order valence-corrected chi connectivity index (χ3v) is 6.54. The van der Waals surface area contributed by atoms with Gasteiger partial charge in [0.05, 0.1) is 28.5 Å². The lowest BCUT2D eigenvalue weighted by Crippen LogP contribution is -2.27. The van der Waals surface area contributed by atoms with Crippen molar-refractivity contribution in [2.45, 2.75) is 20.1 Å². The highest BCUT2D eigenvalue weighted by Crippen LogP contribution is 2.39. The van der Waals surface area contributed by atoms with Crippen LogP contribution in [0.3, 0.4) is 0 Å². The number of rotatable bonds is 8. The van der Waals surface area contributed by atoms with E-state index in [0.29, 0.717) is 16.9 Å². The highest BCUT2D eigenvalue weighted by Gasteiger charge is 2.35. The largest absolute Gasteiger partial charge is 0.493 e. The first-order chi connectivity index (χ1) is 17.2. The second kappa shape index (κ2) is 10.8. The summed E-state index contributed by atoms with van der Waals surface area (Å²) in [5.41, 5.74) is 3.02. The summed E-state index contributed by atoms with van der Waals surface area (Å²) in [4.78, 5) is 37.5. The normalized spacial score (nSPS) is 14.4. The molecule has 1 fully saturated rings. The van der Waals surface area contributed by atoms with Gasteiger partial charge < -0.3 is 9.47 Å². The number of imide groups is 1. The van der Waals surface area contributed by atoms with E-state index >= 15 is 0 Å². The maximum Gasteiger partial charge on any atom is 0.293 e. The van der Waals surface area contributed by atoms with Gasteiger partial charge in [0, 0.05) is 12.1 Å². The molecule has 0 bridgehead atoms. The zero-order valence-electron chi connectivity index (χ0n) is 19.4. The van der Waals surface area contributed by atoms with Gasteiger partial charge >= 0.3 is 0 Å². The average molecular weight is 525 g/mol. The topological polar surface area (TPSA) is 99.0 Å². The second-order valence-corrected chi connectivity index (χ2v) is 9.41. The summed E-state index contributed by atoms with van der Waals surface area (Å²) in [6.45, 7) is 2.18. The van der Waals surface area contributed by atoms with Crippen molar-refractivity contribution in [3.8, 4) is 11.5 Å². The first-order valence-electron chi connectivity index (χ1n) is 10.8. The number of hydrogen-bond donors (Lipinski definition) is 0. The molecule has 0 radical (unpaired) electrons. The molecule has 8 nitrogen and oxygen atoms in total. The Bertz CT molecular complexity index is 1390. The number of aryl methyl sites for hydroxylation is 1. The number of methoxy groups -OCH3 is 1. The summed E-state index contributed by atoms with van der Waals surface area (Å²) in [6, 6.07) is 17.0. The number of nitrogens with zero attached hydrogens (tertiary/aromatic N) is 2. The fourth-order valence-electron chi connectivity index (χ4n) is 3.66. The fraction of sp³-hybridized carbons (Fsp3) is 0.154. The van der Waals surface area contributed by atoms with Gasteiger partial charge in [-0.15, -0.1) is 0 Å². The minimum atomic E-state index is -0.478. The zero-order chi connectivity index (χ0) is 25.8. The van der Waals surface area contributed by atoms with E-state index in [9.17, 15) is 19.7 Å². The van der Waals surface area contributed by atoms with Crippen molar-refractivity contribution in [2.75, 3.05) is 7.11 Å². The van der Waals surface area contributed by atoms with Crippen molar-refractivity contribution >= 4 is 46.3 Å². The molecule has 0 aromatic heterocycles. The molecule has 0 unspecified atom stereocenters. The van der Waals surface area contributed by atoms with E-state index in [4.69, 9.17) is 21.1 Å². The van der Waals surface area contributed by atoms with E-state index in [1.54, 1.807) is 30.3 Å². The van der Waals surface area contributed by atoms with Crippen LogP contribution in [0.5, 0.6) is 11.5 Å². The molecule has 0 saturated carbocycles. The molecule has 0 aliphatic carbocycles. The van der Waals surface area contributed by atoms with Crippen LogP contribution in [0, 0.1) is 17.0 Å². The Balaban J connectivity index is 1.53. The van der Waals surface area contributed by atoms with Crippen molar-refractivity contribution in [1.29, 1.82) is 0 Å². The van der Waals surface area contributed by atoms with Gasteiger partial charge in [0.1, 0.15) is 6.61 Å². The van der Waals surface area contributed by atoms with E-state index < -0.39 is 4.92 Å². The summed E-state index contributed by atoms with van der Waals surface area (Å²) in [5, 5.41) is 10.9. The number of thioether (sulfide) groups is 1. The Labute approximate surface area is 216 Å². The second-order valence-electron chi connectivity index (χ2n) is 8.01. The number of benzene rings is 3. The lowest BCUT2D eigenvalue weighted by molar-refractivity contribution is -0.384. The summed E-state index contributed by atoms with van der Waals surface area (Å²) in [7, 11) is 1.45. The van der Waals surface area contributed by atoms with Crippen LogP contribution in [0.1, 0.15) is 22.3 Å². The molecule has 3 aromatic rings. The fourth-order valence-corrected chi connectivity index (χ4v) is 4.77. The van der Waals surface area contributed by atoms with Crippen LogP contribution < -0.4 is 9.47 Å². The summed E-state index contributed by atoms with van der Waals surface area (Å²) in [5.74, 6) is 0.195. The Morgan fingerprint density at radius 2 is 1.83 bits per heavy atom. The van der Waals surface area contributed by atoms with Gasteiger partial charge in [0.15, 0.2) is 11.5 Å². The highest BCUT2D eigenvalue weighted by atomic mass is 35.5. The lowest BCUT2D eigenvalue weighted by Gasteiger charge is -2.14. The summed E-state index contributed by atoms with van der Waals surface area (Å²) < 4.78 is 11.2. The standard InChI is InChI=1S/C26H21ClN2O6S/c1-16-5-3-6-17(9-16)14-28-25(30)23(36-26(28)31)13-19-11-21(27)24(22(12-19)34-2)35-15-18-7-4-8-20(10-18)29(32)33/h3-13H,14-15H2,1-2H3/b23-13-. The van der Waals surface area contributed by atoms with Crippen LogP contribution in [0.2, 0.25) is 5.02 Å². The molecule has 1 saturated heterocycles. The molecular weight excluding hydrogens is 504 g/mol. The third kappa shape index (κ3) is 5.69. The summed E-state index contributed by atoms with van der Waals surface area (Å²) in [6.07, 6.45) is 1.58. The zero-order valence-corrected chi connectivity index (χ0v) is 21.0. The van der Waals surface area contributed by atoms with E-state index in [-0.39, 0.29) is 45.7 Å². The van der Waals surface area contributed by atoms with Crippen molar-refractivity contribution in [3.63, 3.8) is 0 Å². The van der Waals surface area contributed by atoms with Crippen molar-refractivity contribution in [1.82, 2.24) is 4.90 Å². The van der Waals surface area contributed by atoms with Crippen LogP contribution in [-0.4, -0.2) is 28.1 Å². The minimum absolute atomic E-state index is 0.0367. The van der Waals surface area contributed by atoms with E-state index in [1.165, 1.54) is 24.1 Å². The Morgan fingerprint density at radius 3 is 2.56 bits per heavy atom. The number of amides is 2. The Kier molecular flexibility index (Phi) is 7.61. The van der Waals surface area contributed by atoms with Gasteiger partial charge in [0.25, 0.3) is 16.8 Å². The summed E-state index contributed by atoms with van der Waals surface area (Å²) >= 11 is 7.31. The number of ether oxygens (including phenoxy) is 2. The minimum Gasteiger partial charge on any atom is -0.493 e. The van der Waals surface area contributed by atoms with Gasteiger partial charge in [-0.05, 0) is 53.6 Å². The molecule has 0 spiro atoms. The molecule has 0 N–H and O–H groups in total. The third-order valence-electron chi connectivity index (χ3n) is 5.35. The maximum absolute atomic E-state index is 12.9. The number of halogens is 1. The van der Waals surface area contributed by atoms with Crippen LogP contribution in [-0.2, 0) is 17.9 Å². The Morgan fingerprint density at radius 1 is 1.08 bits per heavy atom. The maximum atomic E-state index is 12.9. The van der Waals surface area contributed by atoms with E-state index in [1.807, 2.05) is 31.2 Å². The molecule has 36 heavy (non-hydrogen) atoms. The van der Waals surface area contributed by atoms with Crippen LogP contribution in [0.4, 0.5) is 10.5 Å². The molecule has 3 aromatic carbocycles. The SMILES string of the molecule is COc1cc(/C=C2\SC(=O)N(Cc3cccc(C)c3)C2=O)cc(Cl)c1OCc1cccc([N+](=O)[O-])c1. The van der Waals surface area contributed by atoms with Gasteiger partial charge in [-0.1, -0.05) is 53.6 Å². The predicted octanol–water partition coefficient (Wildman–Crippen LogP) is 6.38. The number of hydrogen-bond acceptors (Lipinski definition) is 7. The predicted molar refractivity (Wildman–Crippen MR) is 138 cm³/mol. The molecular formula is C26H21ClN2O6S. The smallest absolute Gasteiger partial charge is 0.293 e. The molecule has 10 heteroatoms. The van der Waals surface area contributed by atoms with Crippen LogP contribution in [0.15, 0.2) is 65.6 Å². The quantitative estimate of drug-likeness (QED) is 0.191. The average Bonchev–Trinajstić information content (AvgIpc) is 3.10. The number of carbonyl (C=O) groups is 2.